The van der Waals surface area contributed by atoms with Crippen molar-refractivity contribution in [3.05, 3.63) is 69.7 Å². The SMILES string of the molecule is Fc1ccc(CC(CCl)(CCl)c2cccc(Br)c2)c(F)c1. The first-order valence-corrected chi connectivity index (χ1v) is 8.19. The molecule has 2 aromatic rings. The monoisotopic (exact) mass is 392 g/mol. The highest BCUT2D eigenvalue weighted by atomic mass is 79.9. The highest BCUT2D eigenvalue weighted by Gasteiger charge is 2.32. The average Bonchev–Trinajstić information content (AvgIpc) is 2.47. The molecule has 0 fully saturated rings. The number of halogens is 5. The van der Waals surface area contributed by atoms with Crippen molar-refractivity contribution in [1.82, 2.24) is 0 Å². The van der Waals surface area contributed by atoms with Gasteiger partial charge in [0.1, 0.15) is 11.6 Å². The first-order valence-electron chi connectivity index (χ1n) is 6.33. The Kier molecular flexibility index (Phi) is 5.64. The molecule has 2 rings (SSSR count). The van der Waals surface area contributed by atoms with Crippen molar-refractivity contribution in [3.63, 3.8) is 0 Å². The van der Waals surface area contributed by atoms with Crippen LogP contribution in [0.15, 0.2) is 46.9 Å². The highest BCUT2D eigenvalue weighted by Crippen LogP contribution is 2.33. The molecular weight excluding hydrogens is 381 g/mol. The first kappa shape index (κ1) is 16.7. The van der Waals surface area contributed by atoms with Crippen LogP contribution < -0.4 is 0 Å². The van der Waals surface area contributed by atoms with Gasteiger partial charge in [0.15, 0.2) is 0 Å². The number of benzene rings is 2. The van der Waals surface area contributed by atoms with Crippen LogP contribution in [0.2, 0.25) is 0 Å². The van der Waals surface area contributed by atoms with Gasteiger partial charge in [0.05, 0.1) is 0 Å². The van der Waals surface area contributed by atoms with Crippen LogP contribution in [-0.2, 0) is 11.8 Å². The lowest BCUT2D eigenvalue weighted by molar-refractivity contribution is 0.506. The van der Waals surface area contributed by atoms with E-state index in [4.69, 9.17) is 23.2 Å². The Morgan fingerprint density at radius 2 is 1.71 bits per heavy atom. The zero-order valence-corrected chi connectivity index (χ0v) is 14.2. The third-order valence-electron chi connectivity index (χ3n) is 3.49. The van der Waals surface area contributed by atoms with Crippen molar-refractivity contribution in [2.45, 2.75) is 11.8 Å². The van der Waals surface area contributed by atoms with E-state index in [-0.39, 0.29) is 11.8 Å². The van der Waals surface area contributed by atoms with E-state index in [9.17, 15) is 8.78 Å². The Morgan fingerprint density at radius 3 is 2.29 bits per heavy atom. The minimum absolute atomic E-state index is 0.240. The molecule has 0 atom stereocenters. The van der Waals surface area contributed by atoms with Crippen LogP contribution >= 0.6 is 39.1 Å². The molecule has 0 saturated heterocycles. The van der Waals surface area contributed by atoms with Crippen LogP contribution in [0.4, 0.5) is 8.78 Å². The van der Waals surface area contributed by atoms with Crippen LogP contribution in [-0.4, -0.2) is 11.8 Å². The molecule has 2 aromatic carbocycles. The van der Waals surface area contributed by atoms with E-state index < -0.39 is 17.0 Å². The first-order chi connectivity index (χ1) is 10.0. The maximum absolute atomic E-state index is 13.9. The topological polar surface area (TPSA) is 0 Å². The Hall–Kier alpha value is -0.640. The minimum Gasteiger partial charge on any atom is -0.207 e. The fourth-order valence-corrected chi connectivity index (χ4v) is 3.42. The van der Waals surface area contributed by atoms with Crippen molar-refractivity contribution in [2.75, 3.05) is 11.8 Å². The maximum atomic E-state index is 13.9. The Bertz CT molecular complexity index is 627. The molecule has 5 heteroatoms. The zero-order chi connectivity index (χ0) is 15.5. The van der Waals surface area contributed by atoms with Gasteiger partial charge in [-0.2, -0.15) is 0 Å². The summed E-state index contributed by atoms with van der Waals surface area (Å²) in [7, 11) is 0. The molecule has 0 amide bonds. The molecule has 0 unspecified atom stereocenters. The second kappa shape index (κ2) is 7.08. The largest absolute Gasteiger partial charge is 0.207 e. The molecule has 112 valence electrons. The number of rotatable bonds is 5. The quantitative estimate of drug-likeness (QED) is 0.572. The van der Waals surface area contributed by atoms with E-state index in [2.05, 4.69) is 15.9 Å². The molecule has 0 nitrogen and oxygen atoms in total. The summed E-state index contributed by atoms with van der Waals surface area (Å²) in [5, 5.41) is 0. The Morgan fingerprint density at radius 1 is 1.00 bits per heavy atom. The molecule has 0 saturated carbocycles. The summed E-state index contributed by atoms with van der Waals surface area (Å²) in [4.78, 5) is 0. The molecule has 0 N–H and O–H groups in total. The van der Waals surface area contributed by atoms with E-state index in [1.165, 1.54) is 12.1 Å². The minimum atomic E-state index is -0.606. The van der Waals surface area contributed by atoms with Crippen molar-refractivity contribution in [3.8, 4) is 0 Å². The number of alkyl halides is 2. The van der Waals surface area contributed by atoms with Gasteiger partial charge in [-0.25, -0.2) is 8.78 Å². The van der Waals surface area contributed by atoms with Gasteiger partial charge >= 0.3 is 0 Å². The molecule has 0 aliphatic heterocycles. The summed E-state index contributed by atoms with van der Waals surface area (Å²) in [5.74, 6) is -0.696. The third kappa shape index (κ3) is 3.77. The summed E-state index contributed by atoms with van der Waals surface area (Å²) in [6, 6.07) is 11.2. The van der Waals surface area contributed by atoms with Crippen LogP contribution in [0, 0.1) is 11.6 Å². The summed E-state index contributed by atoms with van der Waals surface area (Å²) in [5.41, 5.74) is 0.717. The molecule has 0 aliphatic rings. The van der Waals surface area contributed by atoms with Gasteiger partial charge < -0.3 is 0 Å². The number of hydrogen-bond donors (Lipinski definition) is 0. The van der Waals surface area contributed by atoms with Crippen molar-refractivity contribution in [1.29, 1.82) is 0 Å². The Labute approximate surface area is 141 Å². The van der Waals surface area contributed by atoms with Gasteiger partial charge in [-0.1, -0.05) is 34.1 Å². The maximum Gasteiger partial charge on any atom is 0.129 e. The molecule has 0 radical (unpaired) electrons. The van der Waals surface area contributed by atoms with E-state index in [1.807, 2.05) is 24.3 Å². The lowest BCUT2D eigenvalue weighted by atomic mass is 9.78. The summed E-state index contributed by atoms with van der Waals surface area (Å²) >= 11 is 15.7. The molecular formula is C16H13BrCl2F2. The lowest BCUT2D eigenvalue weighted by Crippen LogP contribution is -2.33. The molecule has 0 aliphatic carbocycles. The lowest BCUT2D eigenvalue weighted by Gasteiger charge is -2.30. The molecule has 0 heterocycles. The van der Waals surface area contributed by atoms with Crippen molar-refractivity contribution < 1.29 is 8.78 Å². The summed E-state index contributed by atoms with van der Waals surface area (Å²) in [6.07, 6.45) is 0.308. The van der Waals surface area contributed by atoms with Crippen molar-refractivity contribution in [2.24, 2.45) is 0 Å². The zero-order valence-electron chi connectivity index (χ0n) is 11.1. The molecule has 0 aromatic heterocycles. The van der Waals surface area contributed by atoms with Gasteiger partial charge in [-0.3, -0.25) is 0 Å². The van der Waals surface area contributed by atoms with Crippen LogP contribution in [0.25, 0.3) is 0 Å². The summed E-state index contributed by atoms with van der Waals surface area (Å²) in [6.45, 7) is 0. The second-order valence-electron chi connectivity index (χ2n) is 4.97. The smallest absolute Gasteiger partial charge is 0.129 e. The van der Waals surface area contributed by atoms with Crippen molar-refractivity contribution >= 4 is 39.1 Å². The van der Waals surface area contributed by atoms with Gasteiger partial charge in [0, 0.05) is 27.7 Å². The van der Waals surface area contributed by atoms with Crippen LogP contribution in [0.1, 0.15) is 11.1 Å². The van der Waals surface area contributed by atoms with E-state index in [0.29, 0.717) is 12.0 Å². The van der Waals surface area contributed by atoms with Gasteiger partial charge in [-0.15, -0.1) is 23.2 Å². The number of hydrogen-bond acceptors (Lipinski definition) is 0. The van der Waals surface area contributed by atoms with Crippen LogP contribution in [0.3, 0.4) is 0 Å². The summed E-state index contributed by atoms with van der Waals surface area (Å²) < 4.78 is 27.8. The normalized spacial score (nSPS) is 11.7. The second-order valence-corrected chi connectivity index (χ2v) is 6.42. The standard InChI is InChI=1S/C16H13BrCl2F2/c17-13-3-1-2-12(6-13)16(9-18,10-19)8-11-4-5-14(20)7-15(11)21/h1-7H,8-10H2. The fourth-order valence-electron chi connectivity index (χ4n) is 2.23. The highest BCUT2D eigenvalue weighted by molar-refractivity contribution is 9.10. The van der Waals surface area contributed by atoms with Crippen LogP contribution in [0.5, 0.6) is 0 Å². The predicted molar refractivity (Wildman–Crippen MR) is 87.3 cm³/mol. The fraction of sp³-hybridized carbons (Fsp3) is 0.250. The molecule has 0 bridgehead atoms. The molecule has 0 spiro atoms. The predicted octanol–water partition coefficient (Wildman–Crippen LogP) is 5.69. The van der Waals surface area contributed by atoms with E-state index >= 15 is 0 Å². The molecule has 21 heavy (non-hydrogen) atoms. The average molecular weight is 394 g/mol. The van der Waals surface area contributed by atoms with E-state index in [0.717, 1.165) is 16.1 Å². The van der Waals surface area contributed by atoms with Gasteiger partial charge in [-0.05, 0) is 35.7 Å². The third-order valence-corrected chi connectivity index (χ3v) is 5.01. The van der Waals surface area contributed by atoms with E-state index in [1.54, 1.807) is 0 Å². The van der Waals surface area contributed by atoms with Gasteiger partial charge in [0.25, 0.3) is 0 Å². The Balaban J connectivity index is 2.43. The van der Waals surface area contributed by atoms with Gasteiger partial charge in [0.2, 0.25) is 0 Å².